The average Bonchev–Trinajstić information content (AvgIpc) is 2.98. The number of likely N-dealkylation sites (tertiary alicyclic amines) is 1. The molecule has 1 saturated carbocycles. The molecular formula is C16H19ClN2O2. The average molecular weight is 307 g/mol. The molecule has 2 aliphatic rings. The summed E-state index contributed by atoms with van der Waals surface area (Å²) in [5, 5.41) is 0.535. The molecule has 1 aromatic rings. The van der Waals surface area contributed by atoms with E-state index in [9.17, 15) is 9.59 Å². The molecule has 2 unspecified atom stereocenters. The van der Waals surface area contributed by atoms with Crippen molar-refractivity contribution in [3.05, 3.63) is 28.8 Å². The lowest BCUT2D eigenvalue weighted by molar-refractivity contribution is -0.141. The van der Waals surface area contributed by atoms with Crippen molar-refractivity contribution in [2.24, 2.45) is 17.8 Å². The second kappa shape index (κ2) is 5.34. The van der Waals surface area contributed by atoms with Gasteiger partial charge in [-0.05, 0) is 42.5 Å². The Kier molecular flexibility index (Phi) is 3.66. The quantitative estimate of drug-likeness (QED) is 0.690. The summed E-state index contributed by atoms with van der Waals surface area (Å²) in [5.41, 5.74) is 7.06. The summed E-state index contributed by atoms with van der Waals surface area (Å²) in [6.45, 7) is 2.34. The lowest BCUT2D eigenvalue weighted by atomic mass is 10.00. The summed E-state index contributed by atoms with van der Waals surface area (Å²) in [7, 11) is 0. The molecule has 0 spiro atoms. The zero-order chi connectivity index (χ0) is 15.1. The summed E-state index contributed by atoms with van der Waals surface area (Å²) in [6.07, 6.45) is 2.72. The molecule has 5 heteroatoms. The predicted molar refractivity (Wildman–Crippen MR) is 81.4 cm³/mol. The van der Waals surface area contributed by atoms with Gasteiger partial charge in [0.2, 0.25) is 11.8 Å². The second-order valence-corrected chi connectivity index (χ2v) is 6.48. The highest BCUT2D eigenvalue weighted by atomic mass is 35.5. The molecule has 3 rings (SSSR count). The second-order valence-electron chi connectivity index (χ2n) is 6.07. The highest BCUT2D eigenvalue weighted by molar-refractivity contribution is 6.31. The maximum absolute atomic E-state index is 12.5. The Morgan fingerprint density at radius 2 is 1.86 bits per heavy atom. The minimum atomic E-state index is -0.123. The number of imide groups is 1. The Balaban J connectivity index is 1.80. The minimum Gasteiger partial charge on any atom is -0.399 e. The number of nitrogen functional groups attached to an aromatic ring is 1. The first-order valence-corrected chi connectivity index (χ1v) is 7.78. The maximum Gasteiger partial charge on any atom is 0.233 e. The molecule has 1 aliphatic heterocycles. The predicted octanol–water partition coefficient (Wildman–Crippen LogP) is 2.84. The molecule has 4 nitrogen and oxygen atoms in total. The van der Waals surface area contributed by atoms with Gasteiger partial charge in [0.1, 0.15) is 0 Å². The van der Waals surface area contributed by atoms with E-state index >= 15 is 0 Å². The summed E-state index contributed by atoms with van der Waals surface area (Å²) in [4.78, 5) is 26.3. The number of carbonyl (C=O) groups excluding carboxylic acids is 2. The van der Waals surface area contributed by atoms with Crippen LogP contribution in [0.5, 0.6) is 0 Å². The molecule has 0 bridgehead atoms. The Morgan fingerprint density at radius 3 is 2.43 bits per heavy atom. The lowest BCUT2D eigenvalue weighted by Gasteiger charge is -2.18. The SMILES string of the molecule is CCC1CC2C(=O)N(Cc3cc(N)ccc3Cl)C(=O)C2C1. The summed E-state index contributed by atoms with van der Waals surface area (Å²) in [6, 6.07) is 5.14. The van der Waals surface area contributed by atoms with E-state index in [1.54, 1.807) is 18.2 Å². The number of anilines is 1. The first-order chi connectivity index (χ1) is 10.0. The Morgan fingerprint density at radius 1 is 1.24 bits per heavy atom. The van der Waals surface area contributed by atoms with Crippen LogP contribution in [0, 0.1) is 17.8 Å². The first kappa shape index (κ1) is 14.4. The van der Waals surface area contributed by atoms with Gasteiger partial charge in [-0.1, -0.05) is 24.9 Å². The lowest BCUT2D eigenvalue weighted by Crippen LogP contribution is -2.31. The van der Waals surface area contributed by atoms with Gasteiger partial charge in [-0.25, -0.2) is 0 Å². The largest absolute Gasteiger partial charge is 0.399 e. The number of nitrogens with two attached hydrogens (primary N) is 1. The van der Waals surface area contributed by atoms with Crippen LogP contribution in [-0.4, -0.2) is 16.7 Å². The van der Waals surface area contributed by atoms with Crippen LogP contribution in [0.3, 0.4) is 0 Å². The van der Waals surface area contributed by atoms with Gasteiger partial charge in [0.05, 0.1) is 18.4 Å². The molecule has 1 aliphatic carbocycles. The molecule has 1 aromatic carbocycles. The van der Waals surface area contributed by atoms with Crippen molar-refractivity contribution in [1.29, 1.82) is 0 Å². The molecule has 1 heterocycles. The molecule has 2 atom stereocenters. The molecule has 112 valence electrons. The molecule has 21 heavy (non-hydrogen) atoms. The third-order valence-corrected chi connectivity index (χ3v) is 5.17. The van der Waals surface area contributed by atoms with Crippen LogP contribution < -0.4 is 5.73 Å². The number of rotatable bonds is 3. The topological polar surface area (TPSA) is 63.4 Å². The molecule has 2 N–H and O–H groups in total. The van der Waals surface area contributed by atoms with Gasteiger partial charge in [0.15, 0.2) is 0 Å². The molecule has 2 fully saturated rings. The highest BCUT2D eigenvalue weighted by Gasteiger charge is 2.52. The number of nitrogens with zero attached hydrogens (tertiary/aromatic N) is 1. The summed E-state index contributed by atoms with van der Waals surface area (Å²) in [5.74, 6) is 0.175. The number of hydrogen-bond acceptors (Lipinski definition) is 3. The van der Waals surface area contributed by atoms with Crippen molar-refractivity contribution >= 4 is 29.1 Å². The highest BCUT2D eigenvalue weighted by Crippen LogP contribution is 2.44. The van der Waals surface area contributed by atoms with E-state index in [0.717, 1.165) is 24.8 Å². The van der Waals surface area contributed by atoms with Crippen molar-refractivity contribution in [3.63, 3.8) is 0 Å². The fourth-order valence-electron chi connectivity index (χ4n) is 3.57. The molecular weight excluding hydrogens is 288 g/mol. The van der Waals surface area contributed by atoms with Crippen LogP contribution in [0.15, 0.2) is 18.2 Å². The Hall–Kier alpha value is -1.55. The number of fused-ring (bicyclic) bond motifs is 1. The molecule has 2 amide bonds. The number of benzene rings is 1. The zero-order valence-corrected chi connectivity index (χ0v) is 12.8. The zero-order valence-electron chi connectivity index (χ0n) is 12.0. The van der Waals surface area contributed by atoms with E-state index in [4.69, 9.17) is 17.3 Å². The molecule has 0 aromatic heterocycles. The van der Waals surface area contributed by atoms with Crippen molar-refractivity contribution in [1.82, 2.24) is 4.90 Å². The number of carbonyl (C=O) groups is 2. The van der Waals surface area contributed by atoms with Crippen LogP contribution >= 0.6 is 11.6 Å². The van der Waals surface area contributed by atoms with Gasteiger partial charge in [-0.15, -0.1) is 0 Å². The molecule has 0 radical (unpaired) electrons. The Labute approximate surface area is 129 Å². The fourth-order valence-corrected chi connectivity index (χ4v) is 3.75. The van der Waals surface area contributed by atoms with Gasteiger partial charge in [0, 0.05) is 10.7 Å². The van der Waals surface area contributed by atoms with Crippen LogP contribution in [-0.2, 0) is 16.1 Å². The van der Waals surface area contributed by atoms with Crippen molar-refractivity contribution in [3.8, 4) is 0 Å². The number of halogens is 1. The van der Waals surface area contributed by atoms with E-state index in [1.807, 2.05) is 0 Å². The number of hydrogen-bond donors (Lipinski definition) is 1. The van der Waals surface area contributed by atoms with Crippen molar-refractivity contribution in [2.75, 3.05) is 5.73 Å². The van der Waals surface area contributed by atoms with Crippen LogP contribution in [0.2, 0.25) is 5.02 Å². The van der Waals surface area contributed by atoms with E-state index in [1.165, 1.54) is 4.90 Å². The van der Waals surface area contributed by atoms with Crippen molar-refractivity contribution in [2.45, 2.75) is 32.7 Å². The van der Waals surface area contributed by atoms with E-state index in [0.29, 0.717) is 16.6 Å². The van der Waals surface area contributed by atoms with Crippen LogP contribution in [0.4, 0.5) is 5.69 Å². The van der Waals surface area contributed by atoms with Gasteiger partial charge in [0.25, 0.3) is 0 Å². The third-order valence-electron chi connectivity index (χ3n) is 4.80. The van der Waals surface area contributed by atoms with Gasteiger partial charge < -0.3 is 5.73 Å². The van der Waals surface area contributed by atoms with E-state index in [2.05, 4.69) is 6.92 Å². The Bertz CT molecular complexity index is 578. The van der Waals surface area contributed by atoms with Gasteiger partial charge >= 0.3 is 0 Å². The maximum atomic E-state index is 12.5. The van der Waals surface area contributed by atoms with Crippen molar-refractivity contribution < 1.29 is 9.59 Å². The fraction of sp³-hybridized carbons (Fsp3) is 0.500. The van der Waals surface area contributed by atoms with Crippen LogP contribution in [0.1, 0.15) is 31.7 Å². The number of amides is 2. The van der Waals surface area contributed by atoms with E-state index in [-0.39, 0.29) is 30.2 Å². The smallest absolute Gasteiger partial charge is 0.233 e. The molecule has 1 saturated heterocycles. The van der Waals surface area contributed by atoms with E-state index < -0.39 is 0 Å². The van der Waals surface area contributed by atoms with Gasteiger partial charge in [-0.2, -0.15) is 0 Å². The normalized spacial score (nSPS) is 28.3. The third kappa shape index (κ3) is 2.42. The minimum absolute atomic E-state index is 0.0422. The van der Waals surface area contributed by atoms with Crippen LogP contribution in [0.25, 0.3) is 0 Å². The summed E-state index contributed by atoms with van der Waals surface area (Å²) < 4.78 is 0. The first-order valence-electron chi connectivity index (χ1n) is 7.40. The monoisotopic (exact) mass is 306 g/mol. The van der Waals surface area contributed by atoms with Gasteiger partial charge in [-0.3, -0.25) is 14.5 Å². The standard InChI is InChI=1S/C16H19ClN2O2/c1-2-9-5-12-13(6-9)16(21)19(15(12)20)8-10-7-11(18)3-4-14(10)17/h3-4,7,9,12-13H,2,5-6,8,18H2,1H3. The summed E-state index contributed by atoms with van der Waals surface area (Å²) >= 11 is 6.13.